The zero-order chi connectivity index (χ0) is 25.0. The second kappa shape index (κ2) is 14.8. The molecule has 1 heterocycles. The summed E-state index contributed by atoms with van der Waals surface area (Å²) in [4.78, 5) is 56.3. The fourth-order valence-electron chi connectivity index (χ4n) is 2.91. The number of hydrogen-bond acceptors (Lipinski definition) is 8. The normalized spacial score (nSPS) is 15.5. The number of imidazole rings is 1. The third-order valence-corrected chi connectivity index (χ3v) is 6.17. The van der Waals surface area contributed by atoms with Crippen molar-refractivity contribution in [3.8, 4) is 0 Å². The molecule has 186 valence electrons. The first-order valence-electron chi connectivity index (χ1n) is 10.6. The number of carbonyl (C=O) groups is 4. The Bertz CT molecular complexity index is 779. The number of carbonyl (C=O) groups excluding carboxylic acids is 3. The van der Waals surface area contributed by atoms with Gasteiger partial charge in [-0.15, -0.1) is 0 Å². The highest BCUT2D eigenvalue weighted by molar-refractivity contribution is 7.98. The molecule has 13 heteroatoms. The first-order valence-corrected chi connectivity index (χ1v) is 12.6. The number of aliphatic carboxylic acids is 1. The van der Waals surface area contributed by atoms with E-state index in [4.69, 9.17) is 5.73 Å². The number of H-pyrrole nitrogens is 1. The lowest BCUT2D eigenvalue weighted by atomic mass is 9.97. The third kappa shape index (κ3) is 9.64. The molecule has 11 nitrogen and oxygen atoms in total. The lowest BCUT2D eigenvalue weighted by molar-refractivity contribution is -0.142. The van der Waals surface area contributed by atoms with Gasteiger partial charge in [0.05, 0.1) is 12.4 Å². The molecule has 5 atom stereocenters. The average molecular weight is 503 g/mol. The van der Waals surface area contributed by atoms with E-state index in [-0.39, 0.29) is 24.5 Å². The van der Waals surface area contributed by atoms with Gasteiger partial charge in [0.25, 0.3) is 0 Å². The smallest absolute Gasteiger partial charge is 0.326 e. The van der Waals surface area contributed by atoms with E-state index >= 15 is 0 Å². The van der Waals surface area contributed by atoms with Crippen molar-refractivity contribution in [3.63, 3.8) is 0 Å². The Labute approximate surface area is 203 Å². The summed E-state index contributed by atoms with van der Waals surface area (Å²) in [6.45, 7) is 3.66. The summed E-state index contributed by atoms with van der Waals surface area (Å²) in [5.74, 6) is -2.64. The van der Waals surface area contributed by atoms with Gasteiger partial charge in [-0.3, -0.25) is 14.4 Å². The maximum absolute atomic E-state index is 13.0. The number of thioether (sulfide) groups is 1. The molecule has 0 saturated heterocycles. The van der Waals surface area contributed by atoms with E-state index in [1.54, 1.807) is 13.1 Å². The number of nitrogens with two attached hydrogens (primary N) is 1. The fourth-order valence-corrected chi connectivity index (χ4v) is 3.64. The summed E-state index contributed by atoms with van der Waals surface area (Å²) < 4.78 is 0. The lowest BCUT2D eigenvalue weighted by Crippen LogP contribution is -2.59. The zero-order valence-electron chi connectivity index (χ0n) is 19.0. The number of thiol groups is 1. The number of rotatable bonds is 15. The van der Waals surface area contributed by atoms with Gasteiger partial charge in [0, 0.05) is 24.1 Å². The van der Waals surface area contributed by atoms with Gasteiger partial charge in [-0.1, -0.05) is 20.3 Å². The molecule has 0 saturated carbocycles. The first kappa shape index (κ1) is 28.8. The van der Waals surface area contributed by atoms with Gasteiger partial charge in [0.15, 0.2) is 0 Å². The predicted octanol–water partition coefficient (Wildman–Crippen LogP) is -0.452. The van der Waals surface area contributed by atoms with E-state index in [0.717, 1.165) is 0 Å². The molecular weight excluding hydrogens is 468 g/mol. The number of hydrogen-bond donors (Lipinski definition) is 7. The first-order chi connectivity index (χ1) is 15.6. The molecule has 0 aliphatic carbocycles. The molecule has 1 aromatic heterocycles. The van der Waals surface area contributed by atoms with E-state index < -0.39 is 47.9 Å². The molecular formula is C20H34N6O5S2. The number of amides is 3. The number of nitrogens with zero attached hydrogens (tertiary/aromatic N) is 1. The van der Waals surface area contributed by atoms with Crippen LogP contribution in [-0.4, -0.2) is 80.7 Å². The van der Waals surface area contributed by atoms with Crippen molar-refractivity contribution in [1.82, 2.24) is 25.9 Å². The molecule has 1 rings (SSSR count). The van der Waals surface area contributed by atoms with Crippen molar-refractivity contribution in [2.45, 2.75) is 57.3 Å². The van der Waals surface area contributed by atoms with Crippen LogP contribution < -0.4 is 21.7 Å². The van der Waals surface area contributed by atoms with Gasteiger partial charge in [0.2, 0.25) is 17.7 Å². The monoisotopic (exact) mass is 502 g/mol. The van der Waals surface area contributed by atoms with Gasteiger partial charge in [0.1, 0.15) is 18.1 Å². The Morgan fingerprint density at radius 1 is 1.18 bits per heavy atom. The van der Waals surface area contributed by atoms with Crippen molar-refractivity contribution >= 4 is 48.1 Å². The average Bonchev–Trinajstić information content (AvgIpc) is 3.30. The van der Waals surface area contributed by atoms with Crippen molar-refractivity contribution in [2.75, 3.05) is 17.8 Å². The summed E-state index contributed by atoms with van der Waals surface area (Å²) in [7, 11) is 0. The summed E-state index contributed by atoms with van der Waals surface area (Å²) in [6.07, 6.45) is 5.92. The van der Waals surface area contributed by atoms with E-state index in [1.165, 1.54) is 18.1 Å². The van der Waals surface area contributed by atoms with E-state index in [1.807, 2.05) is 13.2 Å². The second-order valence-electron chi connectivity index (χ2n) is 7.68. The standard InChI is InChI=1S/C20H34N6O5S2/c1-4-11(2)16(26-17(27)13(21)7-12-8-22-10-23-12)19(29)25-15(9-32)18(28)24-14(20(30)31)5-6-33-3/h8,10-11,13-16,32H,4-7,9,21H2,1-3H3,(H,22,23)(H,24,28)(H,25,29)(H,26,27)(H,30,31). The van der Waals surface area contributed by atoms with Crippen LogP contribution >= 0.6 is 24.4 Å². The molecule has 0 aliphatic rings. The minimum Gasteiger partial charge on any atom is -0.480 e. The second-order valence-corrected chi connectivity index (χ2v) is 9.03. The van der Waals surface area contributed by atoms with Crippen LogP contribution in [0.25, 0.3) is 0 Å². The van der Waals surface area contributed by atoms with Crippen LogP contribution in [0.3, 0.4) is 0 Å². The molecule has 0 radical (unpaired) electrons. The maximum Gasteiger partial charge on any atom is 0.326 e. The molecule has 7 N–H and O–H groups in total. The van der Waals surface area contributed by atoms with Crippen LogP contribution in [0.15, 0.2) is 12.5 Å². The molecule has 0 aromatic carbocycles. The topological polar surface area (TPSA) is 179 Å². The summed E-state index contributed by atoms with van der Waals surface area (Å²) in [5, 5.41) is 17.0. The van der Waals surface area contributed by atoms with Crippen LogP contribution in [0, 0.1) is 5.92 Å². The predicted molar refractivity (Wildman–Crippen MR) is 130 cm³/mol. The van der Waals surface area contributed by atoms with E-state index in [9.17, 15) is 24.3 Å². The van der Waals surface area contributed by atoms with Crippen LogP contribution in [0.5, 0.6) is 0 Å². The molecule has 0 bridgehead atoms. The number of carboxylic acids is 1. The largest absolute Gasteiger partial charge is 0.480 e. The highest BCUT2D eigenvalue weighted by Crippen LogP contribution is 2.10. The van der Waals surface area contributed by atoms with Gasteiger partial charge >= 0.3 is 5.97 Å². The SMILES string of the molecule is CCC(C)C(NC(=O)C(N)Cc1cnc[nH]1)C(=O)NC(CS)C(=O)NC(CCSC)C(=O)O. The van der Waals surface area contributed by atoms with Crippen LogP contribution in [-0.2, 0) is 25.6 Å². The minimum atomic E-state index is -1.15. The van der Waals surface area contributed by atoms with Crippen molar-refractivity contribution in [3.05, 3.63) is 18.2 Å². The Kier molecular flexibility index (Phi) is 12.9. The maximum atomic E-state index is 13.0. The van der Waals surface area contributed by atoms with E-state index in [2.05, 4.69) is 38.5 Å². The number of aromatic amines is 1. The summed E-state index contributed by atoms with van der Waals surface area (Å²) in [5.41, 5.74) is 6.66. The van der Waals surface area contributed by atoms with Gasteiger partial charge in [-0.2, -0.15) is 24.4 Å². The molecule has 0 aliphatic heterocycles. The molecule has 5 unspecified atom stereocenters. The van der Waals surface area contributed by atoms with Crippen LogP contribution in [0.1, 0.15) is 32.4 Å². The van der Waals surface area contributed by atoms with Gasteiger partial charge < -0.3 is 31.8 Å². The van der Waals surface area contributed by atoms with Crippen molar-refractivity contribution < 1.29 is 24.3 Å². The van der Waals surface area contributed by atoms with Crippen LogP contribution in [0.2, 0.25) is 0 Å². The fraction of sp³-hybridized carbons (Fsp3) is 0.650. The van der Waals surface area contributed by atoms with Gasteiger partial charge in [-0.05, 0) is 24.3 Å². The van der Waals surface area contributed by atoms with E-state index in [0.29, 0.717) is 17.9 Å². The highest BCUT2D eigenvalue weighted by atomic mass is 32.2. The Balaban J connectivity index is 2.82. The molecule has 3 amide bonds. The summed E-state index contributed by atoms with van der Waals surface area (Å²) in [6, 6.07) is -3.98. The van der Waals surface area contributed by atoms with Gasteiger partial charge in [-0.25, -0.2) is 9.78 Å². The lowest BCUT2D eigenvalue weighted by Gasteiger charge is -2.27. The van der Waals surface area contributed by atoms with Crippen LogP contribution in [0.4, 0.5) is 0 Å². The quantitative estimate of drug-likeness (QED) is 0.158. The zero-order valence-corrected chi connectivity index (χ0v) is 20.7. The Morgan fingerprint density at radius 3 is 2.36 bits per heavy atom. The molecule has 1 aromatic rings. The molecule has 0 spiro atoms. The Morgan fingerprint density at radius 2 is 1.85 bits per heavy atom. The summed E-state index contributed by atoms with van der Waals surface area (Å²) >= 11 is 5.59. The number of aromatic nitrogens is 2. The molecule has 0 fully saturated rings. The number of nitrogens with one attached hydrogen (secondary N) is 4. The molecule has 33 heavy (non-hydrogen) atoms. The van der Waals surface area contributed by atoms with Crippen molar-refractivity contribution in [2.24, 2.45) is 11.7 Å². The third-order valence-electron chi connectivity index (χ3n) is 5.17. The minimum absolute atomic E-state index is 0.0487. The Hall–Kier alpha value is -2.25. The van der Waals surface area contributed by atoms with Crippen molar-refractivity contribution in [1.29, 1.82) is 0 Å². The highest BCUT2D eigenvalue weighted by Gasteiger charge is 2.32. The number of carboxylic acid groups (broad SMARTS) is 1.